The number of carbonyl (C=O) groups excluding carboxylic acids is 1. The molecule has 0 bridgehead atoms. The lowest BCUT2D eigenvalue weighted by Gasteiger charge is -2.11. The number of hydrogen-bond acceptors (Lipinski definition) is 6. The molecule has 0 saturated carbocycles. The second-order valence-corrected chi connectivity index (χ2v) is 5.78. The first-order valence-corrected chi connectivity index (χ1v) is 7.96. The first-order valence-electron chi connectivity index (χ1n) is 6.65. The van der Waals surface area contributed by atoms with E-state index in [1.54, 1.807) is 42.5 Å². The summed E-state index contributed by atoms with van der Waals surface area (Å²) in [5, 5.41) is 6.63. The quantitative estimate of drug-likeness (QED) is 0.498. The zero-order chi connectivity index (χ0) is 16.2. The molecule has 1 N–H and O–H groups in total. The highest BCUT2D eigenvalue weighted by Crippen LogP contribution is 2.28. The molecule has 0 saturated heterocycles. The number of aliphatic imine (C=N–C) groups is 1. The molecule has 23 heavy (non-hydrogen) atoms. The predicted octanol–water partition coefficient (Wildman–Crippen LogP) is 1.96. The van der Waals surface area contributed by atoms with E-state index in [-0.39, 0.29) is 12.5 Å². The molecule has 0 radical (unpaired) electrons. The van der Waals surface area contributed by atoms with Crippen LogP contribution >= 0.6 is 23.4 Å². The first kappa shape index (κ1) is 15.7. The number of carbonyl (C=O) groups is 1. The number of halogens is 1. The highest BCUT2D eigenvalue weighted by atomic mass is 35.5. The monoisotopic (exact) mass is 352 g/mol. The Morgan fingerprint density at radius 2 is 2.17 bits per heavy atom. The van der Waals surface area contributed by atoms with E-state index in [1.807, 2.05) is 5.41 Å². The summed E-state index contributed by atoms with van der Waals surface area (Å²) in [4.78, 5) is 17.7. The lowest BCUT2D eigenvalue weighted by atomic mass is 10.3. The average molecular weight is 353 g/mol. The van der Waals surface area contributed by atoms with Crippen molar-refractivity contribution in [1.29, 1.82) is 0 Å². The largest absolute Gasteiger partial charge is 0.497 e. The third kappa shape index (κ3) is 3.59. The van der Waals surface area contributed by atoms with Crippen molar-refractivity contribution in [2.75, 3.05) is 13.7 Å². The molecule has 0 aliphatic carbocycles. The third-order valence-corrected chi connectivity index (χ3v) is 4.06. The topological polar surface area (TPSA) is 75.5 Å². The molecule has 0 aromatic heterocycles. The van der Waals surface area contributed by atoms with Crippen LogP contribution in [0, 0.1) is 0 Å². The Labute approximate surface area is 142 Å². The summed E-state index contributed by atoms with van der Waals surface area (Å²) in [6.07, 6.45) is 1.80. The van der Waals surface area contributed by atoms with E-state index in [1.165, 1.54) is 11.8 Å². The van der Waals surface area contributed by atoms with Crippen LogP contribution < -0.4 is 14.9 Å². The maximum atomic E-state index is 11.8. The Morgan fingerprint density at radius 3 is 2.91 bits per heavy atom. The number of nitrogens with zero attached hydrogens (tertiary/aromatic N) is 3. The van der Waals surface area contributed by atoms with Gasteiger partial charge in [0.1, 0.15) is 11.5 Å². The molecule has 1 amide bonds. The van der Waals surface area contributed by atoms with Crippen molar-refractivity contribution < 1.29 is 14.3 Å². The molecular formula is C14H13ClN4O3S. The van der Waals surface area contributed by atoms with Crippen LogP contribution in [0.5, 0.6) is 11.5 Å². The van der Waals surface area contributed by atoms with Crippen LogP contribution in [0.3, 0.4) is 0 Å². The lowest BCUT2D eigenvalue weighted by molar-refractivity contribution is -0.123. The highest BCUT2D eigenvalue weighted by Gasteiger charge is 2.32. The Bertz CT molecular complexity index is 690. The first-order chi connectivity index (χ1) is 11.2. The molecule has 0 fully saturated rings. The summed E-state index contributed by atoms with van der Waals surface area (Å²) in [7, 11) is 1.58. The van der Waals surface area contributed by atoms with Gasteiger partial charge in [-0.15, -0.1) is 0 Å². The molecule has 9 heteroatoms. The van der Waals surface area contributed by atoms with Crippen molar-refractivity contribution in [3.8, 4) is 11.5 Å². The van der Waals surface area contributed by atoms with Gasteiger partial charge >= 0.3 is 0 Å². The summed E-state index contributed by atoms with van der Waals surface area (Å²) in [5.74, 6) is 1.35. The standard InChI is InChI=1S/C14H13ClN4O3S/c1-21-9-2-4-10(5-3-9)22-8-11(20)17-18-13-12(15)16-14-19(13)6-7-23-14/h2-7,12H,8H2,1H3,(H,17,20). The van der Waals surface area contributed by atoms with Crippen LogP contribution in [0.1, 0.15) is 0 Å². The minimum atomic E-state index is -0.606. The highest BCUT2D eigenvalue weighted by molar-refractivity contribution is 8.16. The van der Waals surface area contributed by atoms with Crippen LogP contribution in [-0.4, -0.2) is 41.0 Å². The van der Waals surface area contributed by atoms with E-state index in [4.69, 9.17) is 21.1 Å². The number of hydrogen-bond donors (Lipinski definition) is 1. The van der Waals surface area contributed by atoms with E-state index < -0.39 is 5.50 Å². The molecule has 7 nitrogen and oxygen atoms in total. The van der Waals surface area contributed by atoms with Gasteiger partial charge < -0.3 is 9.47 Å². The third-order valence-electron chi connectivity index (χ3n) is 3.00. The normalized spacial score (nSPS) is 20.4. The fourth-order valence-corrected chi connectivity index (χ4v) is 2.93. The van der Waals surface area contributed by atoms with Crippen molar-refractivity contribution in [3.05, 3.63) is 35.9 Å². The number of benzene rings is 1. The van der Waals surface area contributed by atoms with Crippen LogP contribution in [0.15, 0.2) is 46.0 Å². The smallest absolute Gasteiger partial charge is 0.278 e. The summed E-state index contributed by atoms with van der Waals surface area (Å²) in [5.41, 5.74) is 1.81. The van der Waals surface area contributed by atoms with E-state index in [9.17, 15) is 4.79 Å². The Hall–Kier alpha value is -2.19. The maximum absolute atomic E-state index is 11.8. The Balaban J connectivity index is 1.51. The van der Waals surface area contributed by atoms with Crippen molar-refractivity contribution >= 4 is 40.3 Å². The van der Waals surface area contributed by atoms with Gasteiger partial charge in [0.25, 0.3) is 5.91 Å². The average Bonchev–Trinajstić information content (AvgIpc) is 3.12. The van der Waals surface area contributed by atoms with Gasteiger partial charge in [-0.05, 0) is 29.7 Å². The number of hydrazone groups is 1. The zero-order valence-corrected chi connectivity index (χ0v) is 13.7. The SMILES string of the molecule is COc1ccc(OCC(=O)NN=C2C(Cl)N=C3SC=CN32)cc1. The van der Waals surface area contributed by atoms with E-state index >= 15 is 0 Å². The summed E-state index contributed by atoms with van der Waals surface area (Å²) >= 11 is 7.51. The molecule has 1 aromatic carbocycles. The van der Waals surface area contributed by atoms with Crippen LogP contribution in [0.2, 0.25) is 0 Å². The second-order valence-electron chi connectivity index (χ2n) is 4.49. The summed E-state index contributed by atoms with van der Waals surface area (Å²) in [6.45, 7) is -0.158. The molecule has 3 rings (SSSR count). The molecule has 0 spiro atoms. The van der Waals surface area contributed by atoms with Gasteiger partial charge in [0, 0.05) is 6.20 Å². The van der Waals surface area contributed by atoms with Gasteiger partial charge in [0.2, 0.25) is 0 Å². The van der Waals surface area contributed by atoms with Crippen molar-refractivity contribution in [2.45, 2.75) is 5.50 Å². The van der Waals surface area contributed by atoms with Gasteiger partial charge in [0.05, 0.1) is 7.11 Å². The number of rotatable bonds is 5. The minimum Gasteiger partial charge on any atom is -0.497 e. The molecule has 2 aliphatic heterocycles. The van der Waals surface area contributed by atoms with Gasteiger partial charge in [0.15, 0.2) is 23.1 Å². The van der Waals surface area contributed by atoms with E-state index in [0.29, 0.717) is 11.6 Å². The van der Waals surface area contributed by atoms with Gasteiger partial charge in [-0.3, -0.25) is 9.69 Å². The number of amidine groups is 2. The number of ether oxygens (including phenoxy) is 2. The van der Waals surface area contributed by atoms with Gasteiger partial charge in [-0.2, -0.15) is 5.10 Å². The number of methoxy groups -OCH3 is 1. The fourth-order valence-electron chi connectivity index (χ4n) is 1.89. The molecule has 120 valence electrons. The van der Waals surface area contributed by atoms with Crippen molar-refractivity contribution in [3.63, 3.8) is 0 Å². The number of amides is 1. The molecular weight excluding hydrogens is 340 g/mol. The molecule has 1 aromatic rings. The molecule has 1 atom stereocenters. The number of fused-ring (bicyclic) bond motifs is 1. The summed E-state index contributed by atoms with van der Waals surface area (Å²) < 4.78 is 10.4. The molecule has 2 aliphatic rings. The molecule has 1 unspecified atom stereocenters. The molecule has 2 heterocycles. The summed E-state index contributed by atoms with van der Waals surface area (Å²) in [6, 6.07) is 6.94. The van der Waals surface area contributed by atoms with E-state index in [2.05, 4.69) is 15.5 Å². The van der Waals surface area contributed by atoms with Gasteiger partial charge in [-0.1, -0.05) is 23.4 Å². The number of nitrogens with one attached hydrogen (secondary N) is 1. The predicted molar refractivity (Wildman–Crippen MR) is 89.7 cm³/mol. The minimum absolute atomic E-state index is 0.158. The van der Waals surface area contributed by atoms with Crippen LogP contribution in [0.25, 0.3) is 0 Å². The zero-order valence-electron chi connectivity index (χ0n) is 12.1. The number of thioether (sulfide) groups is 1. The van der Waals surface area contributed by atoms with Crippen LogP contribution in [0.4, 0.5) is 0 Å². The van der Waals surface area contributed by atoms with Gasteiger partial charge in [-0.25, -0.2) is 10.4 Å². The van der Waals surface area contributed by atoms with Crippen LogP contribution in [-0.2, 0) is 4.79 Å². The second kappa shape index (κ2) is 6.93. The Morgan fingerprint density at radius 1 is 1.43 bits per heavy atom. The Kier molecular flexibility index (Phi) is 4.73. The van der Waals surface area contributed by atoms with Crippen molar-refractivity contribution in [1.82, 2.24) is 10.3 Å². The number of alkyl halides is 1. The lowest BCUT2D eigenvalue weighted by Crippen LogP contribution is -2.32. The van der Waals surface area contributed by atoms with E-state index in [0.717, 1.165) is 10.9 Å². The fraction of sp³-hybridized carbons (Fsp3) is 0.214. The van der Waals surface area contributed by atoms with Crippen molar-refractivity contribution in [2.24, 2.45) is 10.1 Å². The maximum Gasteiger partial charge on any atom is 0.278 e.